The second kappa shape index (κ2) is 8.58. The summed E-state index contributed by atoms with van der Waals surface area (Å²) in [5.41, 5.74) is 2.36. The number of hydrogen-bond acceptors (Lipinski definition) is 4. The smallest absolute Gasteiger partial charge is 0.333 e. The lowest BCUT2D eigenvalue weighted by Gasteiger charge is -2.11. The van der Waals surface area contributed by atoms with E-state index in [4.69, 9.17) is 4.74 Å². The van der Waals surface area contributed by atoms with Crippen LogP contribution < -0.4 is 14.8 Å². The van der Waals surface area contributed by atoms with Crippen molar-refractivity contribution in [3.63, 3.8) is 0 Å². The summed E-state index contributed by atoms with van der Waals surface area (Å²) in [5.74, 6) is 0.558. The molecule has 0 atom stereocenters. The first-order valence-electron chi connectivity index (χ1n) is 8.60. The zero-order valence-electron chi connectivity index (χ0n) is 15.3. The highest BCUT2D eigenvalue weighted by atomic mass is 32.2. The van der Waals surface area contributed by atoms with Crippen LogP contribution >= 0.6 is 0 Å². The number of aryl methyl sites for hydroxylation is 1. The van der Waals surface area contributed by atoms with Crippen LogP contribution in [0.1, 0.15) is 11.1 Å². The number of hydrogen-bond donors (Lipinski definition) is 2. The van der Waals surface area contributed by atoms with Gasteiger partial charge in [0, 0.05) is 11.8 Å². The van der Waals surface area contributed by atoms with Gasteiger partial charge in [0.05, 0.1) is 4.90 Å². The fraction of sp³-hybridized carbons (Fsp3) is 0.0952. The van der Waals surface area contributed by atoms with Crippen LogP contribution in [0.15, 0.2) is 83.8 Å². The predicted molar refractivity (Wildman–Crippen MR) is 108 cm³/mol. The Labute approximate surface area is 164 Å². The Hall–Kier alpha value is -3.32. The summed E-state index contributed by atoms with van der Waals surface area (Å²) in [7, 11) is -3.95. The van der Waals surface area contributed by atoms with E-state index in [1.165, 1.54) is 12.1 Å². The zero-order valence-corrected chi connectivity index (χ0v) is 16.1. The van der Waals surface area contributed by atoms with E-state index in [-0.39, 0.29) is 4.90 Å². The van der Waals surface area contributed by atoms with E-state index in [9.17, 15) is 13.2 Å². The summed E-state index contributed by atoms with van der Waals surface area (Å²) in [6.45, 7) is 2.24. The number of rotatable bonds is 6. The van der Waals surface area contributed by atoms with Crippen LogP contribution in [0, 0.1) is 6.92 Å². The SMILES string of the molecule is Cc1ccc(S(=O)(=O)NC(=O)Nc2cccc(OCc3ccccc3)c2)cc1. The van der Waals surface area contributed by atoms with Crippen molar-refractivity contribution in [2.75, 3.05) is 5.32 Å². The van der Waals surface area contributed by atoms with Gasteiger partial charge in [0.1, 0.15) is 12.4 Å². The molecule has 0 aliphatic heterocycles. The van der Waals surface area contributed by atoms with Gasteiger partial charge in [-0.1, -0.05) is 54.1 Å². The average molecular weight is 396 g/mol. The molecule has 2 amide bonds. The summed E-state index contributed by atoms with van der Waals surface area (Å²) in [4.78, 5) is 12.1. The largest absolute Gasteiger partial charge is 0.489 e. The third-order valence-corrected chi connectivity index (χ3v) is 5.25. The number of carbonyl (C=O) groups excluding carboxylic acids is 1. The lowest BCUT2D eigenvalue weighted by molar-refractivity contribution is 0.256. The Balaban J connectivity index is 1.61. The Morgan fingerprint density at radius 2 is 1.64 bits per heavy atom. The maximum absolute atomic E-state index is 12.3. The summed E-state index contributed by atoms with van der Waals surface area (Å²) in [6.07, 6.45) is 0. The first-order valence-corrected chi connectivity index (χ1v) is 10.1. The maximum Gasteiger partial charge on any atom is 0.333 e. The van der Waals surface area contributed by atoms with E-state index in [2.05, 4.69) is 5.32 Å². The topological polar surface area (TPSA) is 84.5 Å². The normalized spacial score (nSPS) is 10.9. The van der Waals surface area contributed by atoms with Crippen LogP contribution in [0.25, 0.3) is 0 Å². The third kappa shape index (κ3) is 5.34. The Morgan fingerprint density at radius 1 is 0.929 bits per heavy atom. The molecule has 3 aromatic rings. The molecular formula is C21H20N2O4S. The first-order chi connectivity index (χ1) is 13.4. The predicted octanol–water partition coefficient (Wildman–Crippen LogP) is 4.08. The quantitative estimate of drug-likeness (QED) is 0.657. The highest BCUT2D eigenvalue weighted by Crippen LogP contribution is 2.19. The minimum atomic E-state index is -3.95. The van der Waals surface area contributed by atoms with Crippen molar-refractivity contribution in [1.82, 2.24) is 4.72 Å². The summed E-state index contributed by atoms with van der Waals surface area (Å²) in [5, 5.41) is 2.51. The highest BCUT2D eigenvalue weighted by Gasteiger charge is 2.17. The lowest BCUT2D eigenvalue weighted by atomic mass is 10.2. The van der Waals surface area contributed by atoms with Gasteiger partial charge in [-0.05, 0) is 36.8 Å². The van der Waals surface area contributed by atoms with Gasteiger partial charge in [0.15, 0.2) is 0 Å². The second-order valence-electron chi connectivity index (χ2n) is 6.17. The van der Waals surface area contributed by atoms with Crippen LogP contribution in [0.3, 0.4) is 0 Å². The molecule has 0 radical (unpaired) electrons. The number of nitrogens with one attached hydrogen (secondary N) is 2. The fourth-order valence-electron chi connectivity index (χ4n) is 2.46. The molecule has 0 saturated carbocycles. The Bertz CT molecular complexity index is 1050. The first kappa shape index (κ1) is 19.4. The number of urea groups is 1. The zero-order chi connectivity index (χ0) is 20.0. The molecule has 0 saturated heterocycles. The summed E-state index contributed by atoms with van der Waals surface area (Å²) < 4.78 is 32.3. The molecule has 0 fully saturated rings. The third-order valence-electron chi connectivity index (χ3n) is 3.90. The molecule has 0 unspecified atom stereocenters. The number of carbonyl (C=O) groups is 1. The van der Waals surface area contributed by atoms with Gasteiger partial charge in [-0.15, -0.1) is 0 Å². The molecule has 144 valence electrons. The van der Waals surface area contributed by atoms with Crippen molar-refractivity contribution in [2.45, 2.75) is 18.4 Å². The van der Waals surface area contributed by atoms with Crippen LogP contribution in [0.5, 0.6) is 5.75 Å². The molecule has 0 heterocycles. The van der Waals surface area contributed by atoms with Crippen molar-refractivity contribution < 1.29 is 17.9 Å². The molecule has 0 aromatic heterocycles. The van der Waals surface area contributed by atoms with Gasteiger partial charge < -0.3 is 10.1 Å². The molecule has 0 bridgehead atoms. The Kier molecular flexibility index (Phi) is 5.96. The van der Waals surface area contributed by atoms with E-state index >= 15 is 0 Å². The van der Waals surface area contributed by atoms with E-state index in [0.717, 1.165) is 11.1 Å². The van der Waals surface area contributed by atoms with Crippen LogP contribution in [-0.4, -0.2) is 14.4 Å². The molecular weight excluding hydrogens is 376 g/mol. The van der Waals surface area contributed by atoms with Crippen molar-refractivity contribution in [3.8, 4) is 5.75 Å². The molecule has 28 heavy (non-hydrogen) atoms. The molecule has 2 N–H and O–H groups in total. The molecule has 0 spiro atoms. The van der Waals surface area contributed by atoms with Crippen molar-refractivity contribution in [2.24, 2.45) is 0 Å². The van der Waals surface area contributed by atoms with Crippen LogP contribution in [0.2, 0.25) is 0 Å². The monoisotopic (exact) mass is 396 g/mol. The number of amides is 2. The average Bonchev–Trinajstić information content (AvgIpc) is 2.67. The standard InChI is InChI=1S/C21H20N2O4S/c1-16-10-12-20(13-11-16)28(25,26)23-21(24)22-18-8-5-9-19(14-18)27-15-17-6-3-2-4-7-17/h2-14H,15H2,1H3,(H2,22,23,24). The number of anilines is 1. The van der Waals surface area contributed by atoms with Crippen LogP contribution in [-0.2, 0) is 16.6 Å². The molecule has 3 rings (SSSR count). The summed E-state index contributed by atoms with van der Waals surface area (Å²) >= 11 is 0. The van der Waals surface area contributed by atoms with E-state index < -0.39 is 16.1 Å². The van der Waals surface area contributed by atoms with Gasteiger partial charge in [-0.2, -0.15) is 0 Å². The highest BCUT2D eigenvalue weighted by molar-refractivity contribution is 7.90. The molecule has 0 aliphatic carbocycles. The number of benzene rings is 3. The lowest BCUT2D eigenvalue weighted by Crippen LogP contribution is -2.34. The molecule has 3 aromatic carbocycles. The van der Waals surface area contributed by atoms with Gasteiger partial charge in [0.25, 0.3) is 10.0 Å². The van der Waals surface area contributed by atoms with E-state index in [0.29, 0.717) is 18.0 Å². The molecule has 0 aliphatic rings. The Morgan fingerprint density at radius 3 is 2.36 bits per heavy atom. The minimum Gasteiger partial charge on any atom is -0.489 e. The van der Waals surface area contributed by atoms with Crippen molar-refractivity contribution in [3.05, 3.63) is 90.0 Å². The van der Waals surface area contributed by atoms with Crippen LogP contribution in [0.4, 0.5) is 10.5 Å². The second-order valence-corrected chi connectivity index (χ2v) is 7.86. The molecule has 7 heteroatoms. The van der Waals surface area contributed by atoms with Gasteiger partial charge in [0.2, 0.25) is 0 Å². The van der Waals surface area contributed by atoms with E-state index in [1.54, 1.807) is 36.4 Å². The van der Waals surface area contributed by atoms with Crippen molar-refractivity contribution >= 4 is 21.7 Å². The fourth-order valence-corrected chi connectivity index (χ4v) is 3.37. The van der Waals surface area contributed by atoms with Gasteiger partial charge >= 0.3 is 6.03 Å². The van der Waals surface area contributed by atoms with Gasteiger partial charge in [-0.25, -0.2) is 17.9 Å². The van der Waals surface area contributed by atoms with Gasteiger partial charge in [-0.3, -0.25) is 0 Å². The number of sulfonamides is 1. The summed E-state index contributed by atoms with van der Waals surface area (Å²) in [6, 6.07) is 21.8. The molecule has 6 nitrogen and oxygen atoms in total. The minimum absolute atomic E-state index is 0.0215. The maximum atomic E-state index is 12.3. The van der Waals surface area contributed by atoms with Crippen molar-refractivity contribution in [1.29, 1.82) is 0 Å². The number of ether oxygens (including phenoxy) is 1. The van der Waals surface area contributed by atoms with E-state index in [1.807, 2.05) is 42.0 Å².